The molecule has 0 aliphatic heterocycles. The second-order valence-corrected chi connectivity index (χ2v) is 8.47. The second-order valence-electron chi connectivity index (χ2n) is 5.61. The molecule has 1 N–H and O–H groups in total. The van der Waals surface area contributed by atoms with E-state index in [0.29, 0.717) is 10.9 Å². The SMILES string of the molecule is CC1CCCCCC1NS(=O)(=O)c1c(Cl)nc2sccn12. The molecule has 8 heteroatoms. The molecule has 0 radical (unpaired) electrons. The number of nitrogens with zero attached hydrogens (tertiary/aromatic N) is 2. The summed E-state index contributed by atoms with van der Waals surface area (Å²) >= 11 is 7.40. The topological polar surface area (TPSA) is 63.5 Å². The van der Waals surface area contributed by atoms with Crippen molar-refractivity contribution >= 4 is 37.9 Å². The average Bonchev–Trinajstić information content (AvgIpc) is 2.89. The fraction of sp³-hybridized carbons (Fsp3) is 0.615. The number of hydrogen-bond acceptors (Lipinski definition) is 4. The molecule has 0 bridgehead atoms. The third kappa shape index (κ3) is 2.97. The van der Waals surface area contributed by atoms with Crippen molar-refractivity contribution in [1.29, 1.82) is 0 Å². The number of thiazole rings is 1. The molecule has 1 aliphatic rings. The predicted octanol–water partition coefficient (Wildman–Crippen LogP) is 3.30. The molecule has 0 spiro atoms. The van der Waals surface area contributed by atoms with Gasteiger partial charge in [0.05, 0.1) is 0 Å². The number of halogens is 1. The van der Waals surface area contributed by atoms with Gasteiger partial charge in [0.25, 0.3) is 10.0 Å². The lowest BCUT2D eigenvalue weighted by Crippen LogP contribution is -2.39. The Morgan fingerprint density at radius 1 is 1.38 bits per heavy atom. The Hall–Kier alpha value is -0.630. The lowest BCUT2D eigenvalue weighted by Gasteiger charge is -2.22. The van der Waals surface area contributed by atoms with Gasteiger partial charge in [-0.3, -0.25) is 4.40 Å². The van der Waals surface area contributed by atoms with Crippen LogP contribution in [0.15, 0.2) is 16.6 Å². The van der Waals surface area contributed by atoms with E-state index in [2.05, 4.69) is 16.6 Å². The van der Waals surface area contributed by atoms with Crippen LogP contribution in [0.2, 0.25) is 5.15 Å². The minimum atomic E-state index is -3.67. The van der Waals surface area contributed by atoms with Crippen LogP contribution in [0.3, 0.4) is 0 Å². The van der Waals surface area contributed by atoms with Crippen LogP contribution in [0.1, 0.15) is 39.0 Å². The highest BCUT2D eigenvalue weighted by Gasteiger charge is 2.30. The van der Waals surface area contributed by atoms with E-state index in [-0.39, 0.29) is 16.2 Å². The van der Waals surface area contributed by atoms with Gasteiger partial charge in [-0.1, -0.05) is 37.8 Å². The first-order valence-electron chi connectivity index (χ1n) is 7.12. The molecule has 116 valence electrons. The van der Waals surface area contributed by atoms with Gasteiger partial charge in [0.1, 0.15) is 0 Å². The van der Waals surface area contributed by atoms with Gasteiger partial charge in [0.2, 0.25) is 0 Å². The maximum Gasteiger partial charge on any atom is 0.260 e. The standard InChI is InChI=1S/C13H18ClN3O2S2/c1-9-5-3-2-4-6-10(9)16-21(18,19)12-11(14)15-13-17(12)7-8-20-13/h7-10,16H,2-6H2,1H3. The zero-order valence-corrected chi connectivity index (χ0v) is 14.1. The minimum Gasteiger partial charge on any atom is -0.279 e. The van der Waals surface area contributed by atoms with Crippen molar-refractivity contribution in [2.45, 2.75) is 50.1 Å². The van der Waals surface area contributed by atoms with Crippen LogP contribution in [0, 0.1) is 5.92 Å². The van der Waals surface area contributed by atoms with Crippen molar-refractivity contribution in [2.24, 2.45) is 5.92 Å². The zero-order chi connectivity index (χ0) is 15.0. The van der Waals surface area contributed by atoms with Crippen LogP contribution in [-0.4, -0.2) is 23.8 Å². The predicted molar refractivity (Wildman–Crippen MR) is 84.4 cm³/mol. The summed E-state index contributed by atoms with van der Waals surface area (Å²) in [6.45, 7) is 2.11. The zero-order valence-electron chi connectivity index (χ0n) is 11.8. The largest absolute Gasteiger partial charge is 0.279 e. The Labute approximate surface area is 133 Å². The van der Waals surface area contributed by atoms with Gasteiger partial charge >= 0.3 is 0 Å². The van der Waals surface area contributed by atoms with E-state index in [0.717, 1.165) is 19.3 Å². The van der Waals surface area contributed by atoms with Crippen LogP contribution < -0.4 is 4.72 Å². The normalized spacial score (nSPS) is 24.3. The highest BCUT2D eigenvalue weighted by Crippen LogP contribution is 2.28. The smallest absolute Gasteiger partial charge is 0.260 e. The van der Waals surface area contributed by atoms with Gasteiger partial charge in [-0.15, -0.1) is 11.3 Å². The molecule has 0 aromatic carbocycles. The number of aromatic nitrogens is 2. The number of sulfonamides is 1. The summed E-state index contributed by atoms with van der Waals surface area (Å²) in [5, 5.41) is 1.89. The summed E-state index contributed by atoms with van der Waals surface area (Å²) < 4.78 is 29.8. The van der Waals surface area contributed by atoms with Crippen molar-refractivity contribution < 1.29 is 8.42 Å². The number of imidazole rings is 1. The van der Waals surface area contributed by atoms with Gasteiger partial charge in [0, 0.05) is 17.6 Å². The molecule has 1 fully saturated rings. The van der Waals surface area contributed by atoms with Gasteiger partial charge < -0.3 is 0 Å². The molecule has 0 amide bonds. The van der Waals surface area contributed by atoms with E-state index < -0.39 is 10.0 Å². The number of nitrogens with one attached hydrogen (secondary N) is 1. The molecule has 3 rings (SSSR count). The van der Waals surface area contributed by atoms with Crippen LogP contribution in [0.5, 0.6) is 0 Å². The van der Waals surface area contributed by atoms with Crippen molar-refractivity contribution in [3.8, 4) is 0 Å². The monoisotopic (exact) mass is 347 g/mol. The van der Waals surface area contributed by atoms with E-state index in [4.69, 9.17) is 11.6 Å². The lowest BCUT2D eigenvalue weighted by atomic mass is 9.98. The van der Waals surface area contributed by atoms with E-state index in [9.17, 15) is 8.42 Å². The first-order chi connectivity index (χ1) is 9.99. The molecule has 1 saturated carbocycles. The number of rotatable bonds is 3. The summed E-state index contributed by atoms with van der Waals surface area (Å²) in [6, 6.07) is -0.0299. The van der Waals surface area contributed by atoms with E-state index in [1.807, 2.05) is 0 Å². The third-order valence-corrected chi connectivity index (χ3v) is 6.75. The van der Waals surface area contributed by atoms with Crippen molar-refractivity contribution in [3.63, 3.8) is 0 Å². The highest BCUT2D eigenvalue weighted by molar-refractivity contribution is 7.89. The van der Waals surface area contributed by atoms with Crippen LogP contribution in [-0.2, 0) is 10.0 Å². The lowest BCUT2D eigenvalue weighted by molar-refractivity contribution is 0.399. The second kappa shape index (κ2) is 5.87. The number of fused-ring (bicyclic) bond motifs is 1. The van der Waals surface area contributed by atoms with E-state index >= 15 is 0 Å². The van der Waals surface area contributed by atoms with Crippen LogP contribution >= 0.6 is 22.9 Å². The van der Waals surface area contributed by atoms with Crippen molar-refractivity contribution in [1.82, 2.24) is 14.1 Å². The average molecular weight is 348 g/mol. The van der Waals surface area contributed by atoms with Gasteiger partial charge in [0.15, 0.2) is 15.1 Å². The highest BCUT2D eigenvalue weighted by atomic mass is 35.5. The van der Waals surface area contributed by atoms with E-state index in [1.165, 1.54) is 28.6 Å². The summed E-state index contributed by atoms with van der Waals surface area (Å²) in [5.74, 6) is 0.340. The van der Waals surface area contributed by atoms with Crippen molar-refractivity contribution in [2.75, 3.05) is 0 Å². The quantitative estimate of drug-likeness (QED) is 0.866. The summed E-state index contributed by atoms with van der Waals surface area (Å²) in [4.78, 5) is 4.69. The summed E-state index contributed by atoms with van der Waals surface area (Å²) in [7, 11) is -3.67. The summed E-state index contributed by atoms with van der Waals surface area (Å²) in [5.41, 5.74) is 0. The first kappa shape index (κ1) is 15.3. The van der Waals surface area contributed by atoms with Crippen molar-refractivity contribution in [3.05, 3.63) is 16.7 Å². The van der Waals surface area contributed by atoms with Gasteiger partial charge in [-0.2, -0.15) is 0 Å². The molecule has 1 aliphatic carbocycles. The molecule has 2 heterocycles. The molecular weight excluding hydrogens is 330 g/mol. The Balaban J connectivity index is 1.93. The van der Waals surface area contributed by atoms with Crippen LogP contribution in [0.25, 0.3) is 4.96 Å². The van der Waals surface area contributed by atoms with Gasteiger partial charge in [-0.05, 0) is 18.8 Å². The maximum atomic E-state index is 12.7. The van der Waals surface area contributed by atoms with Crippen LogP contribution in [0.4, 0.5) is 0 Å². The molecule has 2 aromatic rings. The number of hydrogen-bond donors (Lipinski definition) is 1. The molecule has 2 unspecified atom stereocenters. The third-order valence-electron chi connectivity index (χ3n) is 4.10. The molecule has 0 saturated heterocycles. The summed E-state index contributed by atoms with van der Waals surface area (Å²) in [6.07, 6.45) is 7.02. The molecular formula is C13H18ClN3O2S2. The minimum absolute atomic E-state index is 0.0299. The van der Waals surface area contributed by atoms with E-state index in [1.54, 1.807) is 11.6 Å². The molecule has 5 nitrogen and oxygen atoms in total. The Morgan fingerprint density at radius 3 is 2.95 bits per heavy atom. The molecule has 21 heavy (non-hydrogen) atoms. The first-order valence-corrected chi connectivity index (χ1v) is 9.86. The Kier molecular flexibility index (Phi) is 4.27. The molecule has 2 aromatic heterocycles. The van der Waals surface area contributed by atoms with Gasteiger partial charge in [-0.25, -0.2) is 18.1 Å². The Bertz CT molecular complexity index is 738. The molecule has 2 atom stereocenters. The fourth-order valence-electron chi connectivity index (χ4n) is 2.90. The Morgan fingerprint density at radius 2 is 2.14 bits per heavy atom. The fourth-order valence-corrected chi connectivity index (χ4v) is 5.73. The maximum absolute atomic E-state index is 12.7.